The number of aromatic amines is 1. The smallest absolute Gasteiger partial charge is 0.278 e. The molecule has 2 rings (SSSR count). The highest BCUT2D eigenvalue weighted by Crippen LogP contribution is 2.23. The second kappa shape index (κ2) is 5.55. The van der Waals surface area contributed by atoms with Gasteiger partial charge in [-0.3, -0.25) is 0 Å². The van der Waals surface area contributed by atoms with Gasteiger partial charge in [-0.25, -0.2) is 4.72 Å². The van der Waals surface area contributed by atoms with Gasteiger partial charge in [-0.15, -0.1) is 0 Å². The van der Waals surface area contributed by atoms with Gasteiger partial charge in [0.15, 0.2) is 0 Å². The second-order valence-corrected chi connectivity index (χ2v) is 7.18. The summed E-state index contributed by atoms with van der Waals surface area (Å²) < 4.78 is 27.1. The molecule has 0 saturated heterocycles. The van der Waals surface area contributed by atoms with Crippen LogP contribution in [0.15, 0.2) is 18.2 Å². The second-order valence-electron chi connectivity index (χ2n) is 5.21. The van der Waals surface area contributed by atoms with Gasteiger partial charge in [-0.1, -0.05) is 11.6 Å². The van der Waals surface area contributed by atoms with Crippen molar-refractivity contribution >= 4 is 21.1 Å². The van der Waals surface area contributed by atoms with Crippen molar-refractivity contribution in [2.75, 3.05) is 20.6 Å². The molecule has 5 nitrogen and oxygen atoms in total. The quantitative estimate of drug-likeness (QED) is 0.882. The maximum absolute atomic E-state index is 11.7. The molecule has 0 aliphatic heterocycles. The number of benzene rings is 1. The highest BCUT2D eigenvalue weighted by Gasteiger charge is 2.13. The first kappa shape index (κ1) is 15.0. The van der Waals surface area contributed by atoms with E-state index in [4.69, 9.17) is 0 Å². The van der Waals surface area contributed by atoms with E-state index in [0.29, 0.717) is 13.0 Å². The van der Waals surface area contributed by atoms with Gasteiger partial charge in [0, 0.05) is 37.2 Å². The molecule has 1 aromatic carbocycles. The number of aromatic nitrogens is 1. The summed E-state index contributed by atoms with van der Waals surface area (Å²) in [5, 5.41) is 1.17. The first-order valence-electron chi connectivity index (χ1n) is 6.56. The zero-order valence-electron chi connectivity index (χ0n) is 12.3. The Morgan fingerprint density at radius 3 is 2.60 bits per heavy atom. The Bertz CT molecular complexity index is 717. The summed E-state index contributed by atoms with van der Waals surface area (Å²) >= 11 is 0. The average molecular weight is 295 g/mol. The fraction of sp³-hybridized carbons (Fsp3) is 0.429. The first-order chi connectivity index (χ1) is 9.31. The number of nitrogens with one attached hydrogen (secondary N) is 2. The maximum atomic E-state index is 11.7. The Morgan fingerprint density at radius 2 is 1.95 bits per heavy atom. The molecule has 0 fully saturated rings. The Balaban J connectivity index is 2.18. The van der Waals surface area contributed by atoms with Gasteiger partial charge in [0.2, 0.25) is 0 Å². The monoisotopic (exact) mass is 295 g/mol. The molecule has 1 aromatic heterocycles. The zero-order valence-corrected chi connectivity index (χ0v) is 13.1. The Kier molecular flexibility index (Phi) is 4.17. The lowest BCUT2D eigenvalue weighted by Gasteiger charge is -2.12. The van der Waals surface area contributed by atoms with Gasteiger partial charge >= 0.3 is 0 Å². The van der Waals surface area contributed by atoms with Crippen LogP contribution in [0.3, 0.4) is 0 Å². The van der Waals surface area contributed by atoms with E-state index in [1.54, 1.807) is 0 Å². The fourth-order valence-corrected chi connectivity index (χ4v) is 2.87. The van der Waals surface area contributed by atoms with Crippen molar-refractivity contribution in [1.82, 2.24) is 14.0 Å². The molecule has 0 bridgehead atoms. The predicted molar refractivity (Wildman–Crippen MR) is 82.1 cm³/mol. The summed E-state index contributed by atoms with van der Waals surface area (Å²) in [5.41, 5.74) is 4.56. The van der Waals surface area contributed by atoms with E-state index in [1.807, 2.05) is 6.92 Å². The first-order valence-corrected chi connectivity index (χ1v) is 8.00. The Labute approximate surface area is 120 Å². The maximum Gasteiger partial charge on any atom is 0.278 e. The van der Waals surface area contributed by atoms with Gasteiger partial charge < -0.3 is 4.98 Å². The van der Waals surface area contributed by atoms with Gasteiger partial charge in [0.25, 0.3) is 10.2 Å². The number of hydrogen-bond acceptors (Lipinski definition) is 2. The van der Waals surface area contributed by atoms with Crippen LogP contribution in [0.4, 0.5) is 0 Å². The van der Waals surface area contributed by atoms with E-state index in [0.717, 1.165) is 11.2 Å². The lowest BCUT2D eigenvalue weighted by Crippen LogP contribution is -2.36. The van der Waals surface area contributed by atoms with Gasteiger partial charge in [0.1, 0.15) is 0 Å². The normalized spacial score (nSPS) is 12.4. The Hall–Kier alpha value is -1.37. The molecule has 0 radical (unpaired) electrons. The number of aryl methyl sites for hydroxylation is 2. The standard InChI is InChI=1S/C14H21N3O2S/c1-10-5-6-14-13(9-10)12(11(2)16-14)7-8-15-20(18,19)17(3)4/h5-6,9,15-16H,7-8H2,1-4H3. The lowest BCUT2D eigenvalue weighted by atomic mass is 10.1. The number of rotatable bonds is 5. The van der Waals surface area contributed by atoms with Crippen LogP contribution in [0, 0.1) is 13.8 Å². The minimum absolute atomic E-state index is 0.391. The molecule has 0 atom stereocenters. The van der Waals surface area contributed by atoms with Crippen LogP contribution < -0.4 is 4.72 Å². The van der Waals surface area contributed by atoms with Crippen molar-refractivity contribution < 1.29 is 8.42 Å². The Morgan fingerprint density at radius 1 is 1.25 bits per heavy atom. The molecule has 20 heavy (non-hydrogen) atoms. The van der Waals surface area contributed by atoms with Crippen LogP contribution >= 0.6 is 0 Å². The minimum Gasteiger partial charge on any atom is -0.358 e. The third kappa shape index (κ3) is 3.03. The molecule has 0 unspecified atom stereocenters. The van der Waals surface area contributed by atoms with Crippen LogP contribution in [-0.2, 0) is 16.6 Å². The molecule has 0 aliphatic rings. The third-order valence-electron chi connectivity index (χ3n) is 3.42. The van der Waals surface area contributed by atoms with E-state index in [-0.39, 0.29) is 0 Å². The molecule has 0 amide bonds. The highest BCUT2D eigenvalue weighted by molar-refractivity contribution is 7.87. The van der Waals surface area contributed by atoms with Crippen LogP contribution in [0.5, 0.6) is 0 Å². The zero-order chi connectivity index (χ0) is 14.9. The largest absolute Gasteiger partial charge is 0.358 e. The van der Waals surface area contributed by atoms with Crippen molar-refractivity contribution in [3.05, 3.63) is 35.0 Å². The van der Waals surface area contributed by atoms with Crippen LogP contribution in [0.1, 0.15) is 16.8 Å². The summed E-state index contributed by atoms with van der Waals surface area (Å²) in [6.07, 6.45) is 0.669. The summed E-state index contributed by atoms with van der Waals surface area (Å²) in [7, 11) is -0.320. The summed E-state index contributed by atoms with van der Waals surface area (Å²) in [6, 6.07) is 6.26. The highest BCUT2D eigenvalue weighted by atomic mass is 32.2. The molecular weight excluding hydrogens is 274 g/mol. The third-order valence-corrected chi connectivity index (χ3v) is 4.95. The van der Waals surface area contributed by atoms with E-state index in [2.05, 4.69) is 34.8 Å². The van der Waals surface area contributed by atoms with E-state index in [9.17, 15) is 8.42 Å². The molecule has 1 heterocycles. The molecule has 110 valence electrons. The number of H-pyrrole nitrogens is 1. The van der Waals surface area contributed by atoms with Gasteiger partial charge in [-0.05, 0) is 38.0 Å². The molecule has 0 aliphatic carbocycles. The van der Waals surface area contributed by atoms with Crippen molar-refractivity contribution in [2.24, 2.45) is 0 Å². The van der Waals surface area contributed by atoms with Gasteiger partial charge in [-0.2, -0.15) is 12.7 Å². The minimum atomic E-state index is -3.35. The van der Waals surface area contributed by atoms with Crippen LogP contribution in [-0.4, -0.2) is 38.3 Å². The van der Waals surface area contributed by atoms with E-state index in [1.165, 1.54) is 34.9 Å². The number of fused-ring (bicyclic) bond motifs is 1. The number of nitrogens with zero attached hydrogens (tertiary/aromatic N) is 1. The lowest BCUT2D eigenvalue weighted by molar-refractivity contribution is 0.506. The molecule has 6 heteroatoms. The summed E-state index contributed by atoms with van der Waals surface area (Å²) in [5.74, 6) is 0. The topological polar surface area (TPSA) is 65.2 Å². The van der Waals surface area contributed by atoms with E-state index < -0.39 is 10.2 Å². The molecular formula is C14H21N3O2S. The molecule has 0 spiro atoms. The predicted octanol–water partition coefficient (Wildman–Crippen LogP) is 1.72. The average Bonchev–Trinajstić information content (AvgIpc) is 2.65. The van der Waals surface area contributed by atoms with E-state index >= 15 is 0 Å². The SMILES string of the molecule is Cc1ccc2[nH]c(C)c(CCNS(=O)(=O)N(C)C)c2c1. The van der Waals surface area contributed by atoms with Crippen molar-refractivity contribution in [3.63, 3.8) is 0 Å². The molecule has 2 N–H and O–H groups in total. The van der Waals surface area contributed by atoms with Crippen molar-refractivity contribution in [2.45, 2.75) is 20.3 Å². The molecule has 2 aromatic rings. The van der Waals surface area contributed by atoms with Crippen LogP contribution in [0.25, 0.3) is 10.9 Å². The summed E-state index contributed by atoms with van der Waals surface area (Å²) in [4.78, 5) is 3.34. The summed E-state index contributed by atoms with van der Waals surface area (Å²) in [6.45, 7) is 4.47. The van der Waals surface area contributed by atoms with Crippen molar-refractivity contribution in [3.8, 4) is 0 Å². The molecule has 0 saturated carbocycles. The van der Waals surface area contributed by atoms with Crippen LogP contribution in [0.2, 0.25) is 0 Å². The number of hydrogen-bond donors (Lipinski definition) is 2. The van der Waals surface area contributed by atoms with Crippen molar-refractivity contribution in [1.29, 1.82) is 0 Å². The van der Waals surface area contributed by atoms with Gasteiger partial charge in [0.05, 0.1) is 0 Å². The fourth-order valence-electron chi connectivity index (χ4n) is 2.25.